The van der Waals surface area contributed by atoms with Crippen LogP contribution in [0.2, 0.25) is 0 Å². The van der Waals surface area contributed by atoms with E-state index in [4.69, 9.17) is 14.4 Å². The molecule has 8 atom stereocenters. The molecule has 5 nitrogen and oxygen atoms in total. The van der Waals surface area contributed by atoms with Crippen molar-refractivity contribution in [2.24, 2.45) is 23.7 Å². The van der Waals surface area contributed by atoms with Crippen LogP contribution in [-0.4, -0.2) is 34.6 Å². The van der Waals surface area contributed by atoms with Gasteiger partial charge in [0, 0.05) is 11.8 Å². The standard InChI is InChI=1S/C15H26O5/c1-8-4-6-12-10(3)13(16)19-14-15(12,20-17)11(8)7-5-9(2)18-14/h8-14,16-17H,4-7H2,1-3H3/t8-,9+,10?,11+,12+,13-,14+,15-/m1/s1. The molecule has 2 saturated heterocycles. The summed E-state index contributed by atoms with van der Waals surface area (Å²) in [6.45, 7) is 6.19. The highest BCUT2D eigenvalue weighted by atomic mass is 17.1. The lowest BCUT2D eigenvalue weighted by atomic mass is 9.58. The Morgan fingerprint density at radius 3 is 2.40 bits per heavy atom. The molecule has 0 aromatic heterocycles. The molecule has 5 heteroatoms. The summed E-state index contributed by atoms with van der Waals surface area (Å²) in [5.41, 5.74) is -0.832. The van der Waals surface area contributed by atoms with E-state index < -0.39 is 18.2 Å². The SMILES string of the molecule is CC1[C@H](O)O[C@@H]2O[C@@H](C)CC[C@H]3[C@H](C)CC[C@@H]1[C@@]23OO. The van der Waals surface area contributed by atoms with E-state index in [-0.39, 0.29) is 23.9 Å². The molecule has 3 rings (SSSR count). The first kappa shape index (κ1) is 14.7. The molecule has 0 spiro atoms. The maximum Gasteiger partial charge on any atom is 0.193 e. The fraction of sp³-hybridized carbons (Fsp3) is 1.00. The quantitative estimate of drug-likeness (QED) is 0.572. The molecule has 0 aromatic rings. The lowest BCUT2D eigenvalue weighted by Gasteiger charge is -2.57. The second kappa shape index (κ2) is 5.21. The van der Waals surface area contributed by atoms with Crippen LogP contribution in [0.5, 0.6) is 0 Å². The lowest BCUT2D eigenvalue weighted by molar-refractivity contribution is -0.457. The van der Waals surface area contributed by atoms with Crippen LogP contribution < -0.4 is 0 Å². The Labute approximate surface area is 120 Å². The van der Waals surface area contributed by atoms with Gasteiger partial charge in [-0.15, -0.1) is 0 Å². The molecule has 2 N–H and O–H groups in total. The minimum Gasteiger partial charge on any atom is -0.368 e. The molecular formula is C15H26O5. The molecule has 0 bridgehead atoms. The van der Waals surface area contributed by atoms with Gasteiger partial charge < -0.3 is 14.6 Å². The minimum atomic E-state index is -0.854. The summed E-state index contributed by atoms with van der Waals surface area (Å²) >= 11 is 0. The molecule has 2 heterocycles. The van der Waals surface area contributed by atoms with Crippen LogP contribution in [0.4, 0.5) is 0 Å². The number of ether oxygens (including phenoxy) is 2. The van der Waals surface area contributed by atoms with Crippen molar-refractivity contribution in [3.63, 3.8) is 0 Å². The number of aliphatic hydroxyl groups is 1. The van der Waals surface area contributed by atoms with Gasteiger partial charge in [0.15, 0.2) is 18.2 Å². The van der Waals surface area contributed by atoms with Crippen LogP contribution in [-0.2, 0) is 14.4 Å². The first-order valence-corrected chi connectivity index (χ1v) is 7.82. The molecule has 3 fully saturated rings. The van der Waals surface area contributed by atoms with E-state index in [0.29, 0.717) is 5.92 Å². The number of hydrogen-bond acceptors (Lipinski definition) is 5. The van der Waals surface area contributed by atoms with Crippen LogP contribution in [0.1, 0.15) is 46.5 Å². The highest BCUT2D eigenvalue weighted by Gasteiger charge is 2.64. The minimum absolute atomic E-state index is 0.0473. The first-order chi connectivity index (χ1) is 9.50. The van der Waals surface area contributed by atoms with Crippen LogP contribution >= 0.6 is 0 Å². The molecule has 0 aromatic carbocycles. The molecule has 0 radical (unpaired) electrons. The van der Waals surface area contributed by atoms with E-state index >= 15 is 0 Å². The van der Waals surface area contributed by atoms with E-state index in [1.54, 1.807) is 0 Å². The van der Waals surface area contributed by atoms with Crippen LogP contribution in [0, 0.1) is 23.7 Å². The van der Waals surface area contributed by atoms with Crippen LogP contribution in [0.3, 0.4) is 0 Å². The number of hydrogen-bond donors (Lipinski definition) is 2. The van der Waals surface area contributed by atoms with Crippen molar-refractivity contribution in [1.82, 2.24) is 0 Å². The number of aliphatic hydroxyl groups excluding tert-OH is 1. The maximum atomic E-state index is 10.1. The fourth-order valence-corrected chi connectivity index (χ4v) is 4.69. The third-order valence-electron chi connectivity index (χ3n) is 5.89. The normalized spacial score (nSPS) is 56.0. The summed E-state index contributed by atoms with van der Waals surface area (Å²) < 4.78 is 11.6. The van der Waals surface area contributed by atoms with Gasteiger partial charge in [0.2, 0.25) is 0 Å². The zero-order chi connectivity index (χ0) is 14.5. The summed E-state index contributed by atoms with van der Waals surface area (Å²) in [5, 5.41) is 19.9. The van der Waals surface area contributed by atoms with Gasteiger partial charge in [0.05, 0.1) is 6.10 Å². The third kappa shape index (κ3) is 1.95. The summed E-state index contributed by atoms with van der Waals surface area (Å²) in [7, 11) is 0. The largest absolute Gasteiger partial charge is 0.368 e. The molecule has 3 aliphatic rings. The Morgan fingerprint density at radius 1 is 1.00 bits per heavy atom. The van der Waals surface area contributed by atoms with Crippen LogP contribution in [0.15, 0.2) is 0 Å². The number of rotatable bonds is 1. The van der Waals surface area contributed by atoms with Gasteiger partial charge in [-0.05, 0) is 44.4 Å². The van der Waals surface area contributed by atoms with Gasteiger partial charge in [-0.2, -0.15) is 0 Å². The monoisotopic (exact) mass is 286 g/mol. The molecule has 2 aliphatic heterocycles. The van der Waals surface area contributed by atoms with E-state index in [1.165, 1.54) is 0 Å². The Hall–Kier alpha value is -0.200. The van der Waals surface area contributed by atoms with Gasteiger partial charge in [0.25, 0.3) is 0 Å². The van der Waals surface area contributed by atoms with E-state index in [2.05, 4.69) is 6.92 Å². The van der Waals surface area contributed by atoms with E-state index in [1.807, 2.05) is 13.8 Å². The van der Waals surface area contributed by atoms with Crippen molar-refractivity contribution in [1.29, 1.82) is 0 Å². The van der Waals surface area contributed by atoms with Crippen molar-refractivity contribution in [3.05, 3.63) is 0 Å². The van der Waals surface area contributed by atoms with Gasteiger partial charge in [-0.25, -0.2) is 4.89 Å². The zero-order valence-corrected chi connectivity index (χ0v) is 12.5. The van der Waals surface area contributed by atoms with Crippen molar-refractivity contribution >= 4 is 0 Å². The second-order valence-corrected chi connectivity index (χ2v) is 6.95. The van der Waals surface area contributed by atoms with Gasteiger partial charge in [-0.1, -0.05) is 13.8 Å². The molecular weight excluding hydrogens is 260 g/mol. The van der Waals surface area contributed by atoms with Crippen molar-refractivity contribution in [2.75, 3.05) is 0 Å². The topological polar surface area (TPSA) is 68.2 Å². The van der Waals surface area contributed by atoms with E-state index in [0.717, 1.165) is 25.7 Å². The summed E-state index contributed by atoms with van der Waals surface area (Å²) in [6.07, 6.45) is 2.42. The predicted molar refractivity (Wildman–Crippen MR) is 71.6 cm³/mol. The first-order valence-electron chi connectivity index (χ1n) is 7.82. The molecule has 0 amide bonds. The summed E-state index contributed by atoms with van der Waals surface area (Å²) in [4.78, 5) is 5.11. The summed E-state index contributed by atoms with van der Waals surface area (Å²) in [5.74, 6) is 0.662. The molecule has 20 heavy (non-hydrogen) atoms. The maximum absolute atomic E-state index is 10.1. The van der Waals surface area contributed by atoms with Crippen molar-refractivity contribution < 1.29 is 24.7 Å². The Kier molecular flexibility index (Phi) is 3.84. The average molecular weight is 286 g/mol. The smallest absolute Gasteiger partial charge is 0.193 e. The van der Waals surface area contributed by atoms with Crippen LogP contribution in [0.25, 0.3) is 0 Å². The second-order valence-electron chi connectivity index (χ2n) is 6.95. The fourth-order valence-electron chi connectivity index (χ4n) is 4.69. The van der Waals surface area contributed by atoms with Gasteiger partial charge in [0.1, 0.15) is 0 Å². The van der Waals surface area contributed by atoms with Gasteiger partial charge >= 0.3 is 0 Å². The predicted octanol–water partition coefficient (Wildman–Crippen LogP) is 2.39. The zero-order valence-electron chi connectivity index (χ0n) is 12.5. The average Bonchev–Trinajstić information content (AvgIpc) is 2.56. The molecule has 1 saturated carbocycles. The summed E-state index contributed by atoms with van der Waals surface area (Å²) in [6, 6.07) is 0. The third-order valence-corrected chi connectivity index (χ3v) is 5.89. The van der Waals surface area contributed by atoms with Gasteiger partial charge in [-0.3, -0.25) is 5.26 Å². The Morgan fingerprint density at radius 2 is 1.70 bits per heavy atom. The molecule has 116 valence electrons. The Balaban J connectivity index is 2.04. The van der Waals surface area contributed by atoms with Crippen molar-refractivity contribution in [2.45, 2.75) is 70.7 Å². The molecule has 1 unspecified atom stereocenters. The highest BCUT2D eigenvalue weighted by molar-refractivity contribution is 5.07. The highest BCUT2D eigenvalue weighted by Crippen LogP contribution is 2.56. The molecule has 1 aliphatic carbocycles. The Bertz CT molecular complexity index is 358. The van der Waals surface area contributed by atoms with Crippen molar-refractivity contribution in [3.8, 4) is 0 Å². The van der Waals surface area contributed by atoms with E-state index in [9.17, 15) is 10.4 Å². The lowest BCUT2D eigenvalue weighted by Crippen LogP contribution is -2.67.